The SMILES string of the molecule is CC(C)c1cc(C#N)c(F)cc1F. The summed E-state index contributed by atoms with van der Waals surface area (Å²) in [6, 6.07) is 3.69. The van der Waals surface area contributed by atoms with E-state index in [4.69, 9.17) is 5.26 Å². The Morgan fingerprint density at radius 3 is 2.31 bits per heavy atom. The van der Waals surface area contributed by atoms with Gasteiger partial charge in [0.05, 0.1) is 5.56 Å². The molecule has 1 nitrogen and oxygen atoms in total. The molecule has 0 bridgehead atoms. The van der Waals surface area contributed by atoms with Crippen molar-refractivity contribution in [3.05, 3.63) is 34.9 Å². The summed E-state index contributed by atoms with van der Waals surface area (Å²) >= 11 is 0. The van der Waals surface area contributed by atoms with E-state index in [0.29, 0.717) is 5.56 Å². The number of hydrogen-bond donors (Lipinski definition) is 0. The number of nitriles is 1. The fraction of sp³-hybridized carbons (Fsp3) is 0.300. The van der Waals surface area contributed by atoms with Crippen LogP contribution in [0.25, 0.3) is 0 Å². The summed E-state index contributed by atoms with van der Waals surface area (Å²) in [6.07, 6.45) is 0. The van der Waals surface area contributed by atoms with Gasteiger partial charge in [0.25, 0.3) is 0 Å². The Morgan fingerprint density at radius 1 is 1.23 bits per heavy atom. The van der Waals surface area contributed by atoms with Gasteiger partial charge in [-0.1, -0.05) is 13.8 Å². The molecule has 0 aromatic heterocycles. The number of hydrogen-bond acceptors (Lipinski definition) is 1. The minimum Gasteiger partial charge on any atom is -0.207 e. The van der Waals surface area contributed by atoms with E-state index in [2.05, 4.69) is 0 Å². The van der Waals surface area contributed by atoms with Crippen LogP contribution in [0.1, 0.15) is 30.9 Å². The van der Waals surface area contributed by atoms with Crippen molar-refractivity contribution in [3.8, 4) is 6.07 Å². The standard InChI is InChI=1S/C10H9F2N/c1-6(2)8-3-7(5-13)9(11)4-10(8)12/h3-4,6H,1-2H3. The fourth-order valence-electron chi connectivity index (χ4n) is 1.09. The monoisotopic (exact) mass is 181 g/mol. The second-order valence-corrected chi connectivity index (χ2v) is 3.12. The van der Waals surface area contributed by atoms with Crippen LogP contribution in [0.2, 0.25) is 0 Å². The lowest BCUT2D eigenvalue weighted by Crippen LogP contribution is -1.96. The molecule has 0 spiro atoms. The third-order valence-corrected chi connectivity index (χ3v) is 1.83. The Labute approximate surface area is 75.6 Å². The summed E-state index contributed by atoms with van der Waals surface area (Å²) in [5.74, 6) is -1.44. The Morgan fingerprint density at radius 2 is 1.85 bits per heavy atom. The summed E-state index contributed by atoms with van der Waals surface area (Å²) in [5, 5.41) is 8.50. The molecule has 0 aliphatic carbocycles. The van der Waals surface area contributed by atoms with Crippen LogP contribution < -0.4 is 0 Å². The lowest BCUT2D eigenvalue weighted by Gasteiger charge is -2.07. The second-order valence-electron chi connectivity index (χ2n) is 3.12. The average Bonchev–Trinajstić information content (AvgIpc) is 2.03. The van der Waals surface area contributed by atoms with Crippen molar-refractivity contribution >= 4 is 0 Å². The van der Waals surface area contributed by atoms with Gasteiger partial charge in [-0.25, -0.2) is 8.78 Å². The Hall–Kier alpha value is -1.43. The van der Waals surface area contributed by atoms with E-state index in [9.17, 15) is 8.78 Å². The van der Waals surface area contributed by atoms with Gasteiger partial charge in [-0.05, 0) is 17.5 Å². The van der Waals surface area contributed by atoms with Crippen molar-refractivity contribution in [1.82, 2.24) is 0 Å². The maximum Gasteiger partial charge on any atom is 0.143 e. The van der Waals surface area contributed by atoms with E-state index >= 15 is 0 Å². The van der Waals surface area contributed by atoms with Gasteiger partial charge >= 0.3 is 0 Å². The quantitative estimate of drug-likeness (QED) is 0.653. The molecule has 0 aliphatic rings. The van der Waals surface area contributed by atoms with E-state index < -0.39 is 11.6 Å². The molecule has 1 aromatic carbocycles. The lowest BCUT2D eigenvalue weighted by atomic mass is 10.0. The molecule has 1 rings (SSSR count). The van der Waals surface area contributed by atoms with Crippen LogP contribution in [0.15, 0.2) is 12.1 Å². The summed E-state index contributed by atoms with van der Waals surface area (Å²) in [6.45, 7) is 3.58. The van der Waals surface area contributed by atoms with Gasteiger partial charge in [-0.15, -0.1) is 0 Å². The third-order valence-electron chi connectivity index (χ3n) is 1.83. The van der Waals surface area contributed by atoms with Crippen LogP contribution in [-0.2, 0) is 0 Å². The minimum absolute atomic E-state index is 0.0484. The molecule has 1 aromatic rings. The van der Waals surface area contributed by atoms with E-state index in [-0.39, 0.29) is 11.5 Å². The van der Waals surface area contributed by atoms with Crippen molar-refractivity contribution in [2.75, 3.05) is 0 Å². The Kier molecular flexibility index (Phi) is 2.62. The Bertz CT molecular complexity index is 364. The molecule has 0 heterocycles. The van der Waals surface area contributed by atoms with Crippen LogP contribution in [-0.4, -0.2) is 0 Å². The van der Waals surface area contributed by atoms with Crippen LogP contribution in [0, 0.1) is 23.0 Å². The summed E-state index contributed by atoms with van der Waals surface area (Å²) in [7, 11) is 0. The van der Waals surface area contributed by atoms with Crippen LogP contribution in [0.5, 0.6) is 0 Å². The van der Waals surface area contributed by atoms with E-state index in [1.165, 1.54) is 6.07 Å². The van der Waals surface area contributed by atoms with Gasteiger partial charge in [0.1, 0.15) is 17.7 Å². The Balaban J connectivity index is 3.33. The van der Waals surface area contributed by atoms with Gasteiger partial charge in [0, 0.05) is 6.07 Å². The van der Waals surface area contributed by atoms with Crippen LogP contribution in [0.3, 0.4) is 0 Å². The molecular formula is C10H9F2N. The van der Waals surface area contributed by atoms with Crippen molar-refractivity contribution in [2.24, 2.45) is 0 Å². The van der Waals surface area contributed by atoms with Crippen LogP contribution in [0.4, 0.5) is 8.78 Å². The van der Waals surface area contributed by atoms with Gasteiger partial charge in [0.2, 0.25) is 0 Å². The highest BCUT2D eigenvalue weighted by atomic mass is 19.1. The molecule has 0 saturated heterocycles. The highest BCUT2D eigenvalue weighted by molar-refractivity contribution is 5.36. The molecule has 0 unspecified atom stereocenters. The predicted molar refractivity (Wildman–Crippen MR) is 45.2 cm³/mol. The molecule has 3 heteroatoms. The molecule has 13 heavy (non-hydrogen) atoms. The predicted octanol–water partition coefficient (Wildman–Crippen LogP) is 2.96. The normalized spacial score (nSPS) is 10.2. The number of benzene rings is 1. The molecule has 0 N–H and O–H groups in total. The maximum atomic E-state index is 13.1. The molecule has 0 atom stereocenters. The van der Waals surface area contributed by atoms with Crippen molar-refractivity contribution in [1.29, 1.82) is 5.26 Å². The fourth-order valence-corrected chi connectivity index (χ4v) is 1.09. The van der Waals surface area contributed by atoms with Crippen LogP contribution >= 0.6 is 0 Å². The van der Waals surface area contributed by atoms with E-state index in [1.54, 1.807) is 19.9 Å². The number of halogens is 2. The third kappa shape index (κ3) is 1.83. The summed E-state index contributed by atoms with van der Waals surface area (Å²) in [4.78, 5) is 0. The van der Waals surface area contributed by atoms with E-state index in [1.807, 2.05) is 0 Å². The van der Waals surface area contributed by atoms with Gasteiger partial charge in [-0.2, -0.15) is 5.26 Å². The zero-order valence-corrected chi connectivity index (χ0v) is 7.44. The smallest absolute Gasteiger partial charge is 0.143 e. The summed E-state index contributed by atoms with van der Waals surface area (Å²) < 4.78 is 25.9. The highest BCUT2D eigenvalue weighted by Gasteiger charge is 2.11. The van der Waals surface area contributed by atoms with Crippen molar-refractivity contribution in [3.63, 3.8) is 0 Å². The van der Waals surface area contributed by atoms with E-state index in [0.717, 1.165) is 6.07 Å². The molecular weight excluding hydrogens is 172 g/mol. The minimum atomic E-state index is -0.801. The first-order valence-electron chi connectivity index (χ1n) is 3.95. The first-order chi connectivity index (χ1) is 6.06. The number of nitrogens with zero attached hydrogens (tertiary/aromatic N) is 1. The molecule has 0 saturated carbocycles. The topological polar surface area (TPSA) is 23.8 Å². The molecule has 0 amide bonds. The van der Waals surface area contributed by atoms with Gasteiger partial charge < -0.3 is 0 Å². The van der Waals surface area contributed by atoms with Gasteiger partial charge in [-0.3, -0.25) is 0 Å². The largest absolute Gasteiger partial charge is 0.207 e. The molecule has 0 aliphatic heterocycles. The summed E-state index contributed by atoms with van der Waals surface area (Å²) in [5.41, 5.74) is 0.267. The average molecular weight is 181 g/mol. The molecule has 0 radical (unpaired) electrons. The lowest BCUT2D eigenvalue weighted by molar-refractivity contribution is 0.563. The highest BCUT2D eigenvalue weighted by Crippen LogP contribution is 2.21. The first-order valence-corrected chi connectivity index (χ1v) is 3.95. The maximum absolute atomic E-state index is 13.1. The number of rotatable bonds is 1. The molecule has 68 valence electrons. The van der Waals surface area contributed by atoms with Gasteiger partial charge in [0.15, 0.2) is 0 Å². The zero-order valence-electron chi connectivity index (χ0n) is 7.44. The first kappa shape index (κ1) is 9.66. The second kappa shape index (κ2) is 3.53. The van der Waals surface area contributed by atoms with Crippen molar-refractivity contribution < 1.29 is 8.78 Å². The zero-order chi connectivity index (χ0) is 10.0. The van der Waals surface area contributed by atoms with Crippen molar-refractivity contribution in [2.45, 2.75) is 19.8 Å². The molecule has 0 fully saturated rings.